The van der Waals surface area contributed by atoms with E-state index < -0.39 is 11.7 Å². The number of benzene rings is 1. The van der Waals surface area contributed by atoms with Gasteiger partial charge in [0, 0.05) is 11.6 Å². The molecule has 1 fully saturated rings. The predicted octanol–water partition coefficient (Wildman–Crippen LogP) is 3.48. The largest absolute Gasteiger partial charge is 0.473 e. The summed E-state index contributed by atoms with van der Waals surface area (Å²) in [5, 5.41) is 2.81. The number of hydrogen-bond donors (Lipinski definition) is 1. The topological polar surface area (TPSA) is 69.7 Å². The second-order valence-electron chi connectivity index (χ2n) is 6.51. The van der Waals surface area contributed by atoms with E-state index in [2.05, 4.69) is 16.9 Å². The molecule has 2 aromatic rings. The van der Waals surface area contributed by atoms with Crippen LogP contribution in [0.3, 0.4) is 0 Å². The molecule has 0 unspecified atom stereocenters. The highest BCUT2D eigenvalue weighted by Gasteiger charge is 2.40. The van der Waals surface area contributed by atoms with E-state index in [0.717, 1.165) is 0 Å². The molecule has 1 aromatic heterocycles. The van der Waals surface area contributed by atoms with Gasteiger partial charge in [-0.2, -0.15) is 0 Å². The Morgan fingerprint density at radius 1 is 1.33 bits per heavy atom. The molecule has 0 spiro atoms. The molecule has 1 aliphatic heterocycles. The van der Waals surface area contributed by atoms with E-state index >= 15 is 0 Å². The van der Waals surface area contributed by atoms with Crippen LogP contribution in [0.25, 0.3) is 0 Å². The number of amides is 1. The third-order valence-electron chi connectivity index (χ3n) is 4.14. The van der Waals surface area contributed by atoms with Crippen LogP contribution in [0.5, 0.6) is 5.88 Å². The normalized spacial score (nSPS) is 22.1. The van der Waals surface area contributed by atoms with Crippen molar-refractivity contribution >= 4 is 11.6 Å². The SMILES string of the molecule is C=CCOc1ccc(NC(=O)C2(C)COC(c3ccc(F)cc3)OC2)cn1. The number of nitrogens with one attached hydrogen (secondary N) is 1. The summed E-state index contributed by atoms with van der Waals surface area (Å²) < 4.78 is 29.7. The lowest BCUT2D eigenvalue weighted by atomic mass is 9.90. The standard InChI is InChI=1S/C20H21FN2O4/c1-3-10-25-17-9-8-16(11-22-17)23-19(24)20(2)12-26-18(27-13-20)14-4-6-15(21)7-5-14/h3-9,11,18H,1,10,12-13H2,2H3,(H,23,24). The van der Waals surface area contributed by atoms with E-state index in [4.69, 9.17) is 14.2 Å². The van der Waals surface area contributed by atoms with Gasteiger partial charge in [0.15, 0.2) is 6.29 Å². The summed E-state index contributed by atoms with van der Waals surface area (Å²) in [5.41, 5.74) is 0.403. The zero-order chi connectivity index (χ0) is 19.3. The molecule has 7 heteroatoms. The Hall–Kier alpha value is -2.77. The number of aromatic nitrogens is 1. The molecule has 0 atom stereocenters. The minimum Gasteiger partial charge on any atom is -0.473 e. The van der Waals surface area contributed by atoms with Gasteiger partial charge in [-0.3, -0.25) is 4.79 Å². The fourth-order valence-corrected chi connectivity index (χ4v) is 2.52. The number of hydrogen-bond acceptors (Lipinski definition) is 5. The van der Waals surface area contributed by atoms with Crippen LogP contribution in [0.15, 0.2) is 55.3 Å². The molecule has 0 radical (unpaired) electrons. The van der Waals surface area contributed by atoms with Gasteiger partial charge in [0.2, 0.25) is 11.8 Å². The molecule has 2 heterocycles. The fourth-order valence-electron chi connectivity index (χ4n) is 2.52. The van der Waals surface area contributed by atoms with E-state index in [1.165, 1.54) is 18.3 Å². The Labute approximate surface area is 157 Å². The van der Waals surface area contributed by atoms with Crippen LogP contribution in [-0.4, -0.2) is 30.7 Å². The summed E-state index contributed by atoms with van der Waals surface area (Å²) in [7, 11) is 0. The lowest BCUT2D eigenvalue weighted by Crippen LogP contribution is -2.45. The minimum atomic E-state index is -0.853. The molecule has 1 N–H and O–H groups in total. The lowest BCUT2D eigenvalue weighted by Gasteiger charge is -2.36. The molecule has 0 saturated carbocycles. The fraction of sp³-hybridized carbons (Fsp3) is 0.300. The molecule has 142 valence electrons. The van der Waals surface area contributed by atoms with Crippen molar-refractivity contribution in [1.82, 2.24) is 4.98 Å². The van der Waals surface area contributed by atoms with Gasteiger partial charge in [0.1, 0.15) is 12.4 Å². The maximum atomic E-state index is 13.0. The predicted molar refractivity (Wildman–Crippen MR) is 97.7 cm³/mol. The number of pyridine rings is 1. The first-order valence-corrected chi connectivity index (χ1v) is 8.50. The first kappa shape index (κ1) is 19.0. The maximum absolute atomic E-state index is 13.0. The van der Waals surface area contributed by atoms with Crippen molar-refractivity contribution in [2.45, 2.75) is 13.2 Å². The van der Waals surface area contributed by atoms with Gasteiger partial charge in [-0.1, -0.05) is 24.8 Å². The van der Waals surface area contributed by atoms with Crippen molar-refractivity contribution in [1.29, 1.82) is 0 Å². The Bertz CT molecular complexity index is 785. The summed E-state index contributed by atoms with van der Waals surface area (Å²) in [6, 6.07) is 9.27. The highest BCUT2D eigenvalue weighted by atomic mass is 19.1. The molecule has 1 saturated heterocycles. The van der Waals surface area contributed by atoms with Crippen molar-refractivity contribution in [3.05, 3.63) is 66.6 Å². The van der Waals surface area contributed by atoms with E-state index in [1.54, 1.807) is 37.3 Å². The third kappa shape index (κ3) is 4.69. The van der Waals surface area contributed by atoms with Crippen LogP contribution >= 0.6 is 0 Å². The van der Waals surface area contributed by atoms with Gasteiger partial charge in [-0.05, 0) is 25.1 Å². The average Bonchev–Trinajstić information content (AvgIpc) is 2.69. The van der Waals surface area contributed by atoms with Crippen LogP contribution < -0.4 is 10.1 Å². The number of anilines is 1. The van der Waals surface area contributed by atoms with Crippen LogP contribution in [0, 0.1) is 11.2 Å². The van der Waals surface area contributed by atoms with Gasteiger partial charge >= 0.3 is 0 Å². The number of nitrogens with zero attached hydrogens (tertiary/aromatic N) is 1. The lowest BCUT2D eigenvalue weighted by molar-refractivity contribution is -0.226. The summed E-state index contributed by atoms with van der Waals surface area (Å²) >= 11 is 0. The quantitative estimate of drug-likeness (QED) is 0.787. The van der Waals surface area contributed by atoms with Crippen molar-refractivity contribution in [3.63, 3.8) is 0 Å². The minimum absolute atomic E-state index is 0.175. The first-order valence-electron chi connectivity index (χ1n) is 8.50. The summed E-state index contributed by atoms with van der Waals surface area (Å²) in [6.45, 7) is 6.05. The number of carbonyl (C=O) groups excluding carboxylic acids is 1. The smallest absolute Gasteiger partial charge is 0.235 e. The molecule has 3 rings (SSSR count). The van der Waals surface area contributed by atoms with Gasteiger partial charge in [-0.25, -0.2) is 9.37 Å². The third-order valence-corrected chi connectivity index (χ3v) is 4.14. The Kier molecular flexibility index (Phi) is 5.83. The van der Waals surface area contributed by atoms with Gasteiger partial charge in [0.25, 0.3) is 0 Å². The van der Waals surface area contributed by atoms with Crippen LogP contribution in [0.1, 0.15) is 18.8 Å². The molecule has 0 aliphatic carbocycles. The summed E-state index contributed by atoms with van der Waals surface area (Å²) in [6.07, 6.45) is 2.53. The van der Waals surface area contributed by atoms with Crippen LogP contribution in [0.4, 0.5) is 10.1 Å². The molecule has 1 amide bonds. The van der Waals surface area contributed by atoms with Crippen molar-refractivity contribution in [2.24, 2.45) is 5.41 Å². The number of halogens is 1. The van der Waals surface area contributed by atoms with E-state index in [0.29, 0.717) is 23.7 Å². The van der Waals surface area contributed by atoms with Crippen LogP contribution in [0.2, 0.25) is 0 Å². The molecule has 1 aliphatic rings. The monoisotopic (exact) mass is 372 g/mol. The molecular weight excluding hydrogens is 351 g/mol. The van der Waals surface area contributed by atoms with Crippen molar-refractivity contribution < 1.29 is 23.4 Å². The van der Waals surface area contributed by atoms with Gasteiger partial charge in [-0.15, -0.1) is 0 Å². The Balaban J connectivity index is 1.57. The van der Waals surface area contributed by atoms with Crippen molar-refractivity contribution in [2.75, 3.05) is 25.1 Å². The van der Waals surface area contributed by atoms with Gasteiger partial charge < -0.3 is 19.5 Å². The van der Waals surface area contributed by atoms with E-state index in [9.17, 15) is 9.18 Å². The molecule has 6 nitrogen and oxygen atoms in total. The highest BCUT2D eigenvalue weighted by molar-refractivity contribution is 5.95. The summed E-state index contributed by atoms with van der Waals surface area (Å²) in [4.78, 5) is 16.8. The Morgan fingerprint density at radius 2 is 2.04 bits per heavy atom. The van der Waals surface area contributed by atoms with Gasteiger partial charge in [0.05, 0.1) is 30.5 Å². The van der Waals surface area contributed by atoms with Crippen LogP contribution in [-0.2, 0) is 14.3 Å². The van der Waals surface area contributed by atoms with Crippen molar-refractivity contribution in [3.8, 4) is 5.88 Å². The zero-order valence-corrected chi connectivity index (χ0v) is 15.0. The molecule has 0 bridgehead atoms. The highest BCUT2D eigenvalue weighted by Crippen LogP contribution is 2.32. The first-order chi connectivity index (χ1) is 13.0. The van der Waals surface area contributed by atoms with E-state index in [1.807, 2.05) is 0 Å². The second kappa shape index (κ2) is 8.28. The second-order valence-corrected chi connectivity index (χ2v) is 6.51. The molecular formula is C20H21FN2O4. The Morgan fingerprint density at radius 3 is 2.63 bits per heavy atom. The number of carbonyl (C=O) groups is 1. The zero-order valence-electron chi connectivity index (χ0n) is 15.0. The maximum Gasteiger partial charge on any atom is 0.235 e. The summed E-state index contributed by atoms with van der Waals surface area (Å²) in [5.74, 6) is -0.111. The number of rotatable bonds is 6. The number of ether oxygens (including phenoxy) is 3. The molecule has 27 heavy (non-hydrogen) atoms. The van der Waals surface area contributed by atoms with E-state index in [-0.39, 0.29) is 24.9 Å². The average molecular weight is 372 g/mol. The molecule has 1 aromatic carbocycles.